The molecule has 0 radical (unpaired) electrons. The lowest BCUT2D eigenvalue weighted by atomic mass is 10.0. The third kappa shape index (κ3) is 6.12. The average molecular weight is 489 g/mol. The van der Waals surface area contributed by atoms with Crippen LogP contribution in [0.25, 0.3) is 11.1 Å². The zero-order valence-corrected chi connectivity index (χ0v) is 20.5. The fourth-order valence-electron chi connectivity index (χ4n) is 4.31. The second-order valence-corrected chi connectivity index (χ2v) is 9.46. The van der Waals surface area contributed by atoms with Gasteiger partial charge in [0, 0.05) is 23.8 Å². The Morgan fingerprint density at radius 1 is 1.00 bits per heavy atom. The van der Waals surface area contributed by atoms with Crippen LogP contribution in [0, 0.1) is 6.92 Å². The Balaban J connectivity index is 1.20. The lowest BCUT2D eigenvalue weighted by Crippen LogP contribution is -2.37. The normalized spacial score (nSPS) is 19.7. The first-order chi connectivity index (χ1) is 17.1. The van der Waals surface area contributed by atoms with E-state index in [1.165, 1.54) is 11.1 Å². The van der Waals surface area contributed by atoms with Gasteiger partial charge in [0.15, 0.2) is 5.79 Å². The molecule has 1 saturated heterocycles. The molecule has 0 spiro atoms. The van der Waals surface area contributed by atoms with Gasteiger partial charge in [0.2, 0.25) is 0 Å². The minimum Gasteiger partial charge on any atom is -0.491 e. The summed E-state index contributed by atoms with van der Waals surface area (Å²) in [6, 6.07) is 24.5. The Morgan fingerprint density at radius 3 is 2.40 bits per heavy atom. The maximum Gasteiger partial charge on any atom is 0.187 e. The molecule has 6 heteroatoms. The summed E-state index contributed by atoms with van der Waals surface area (Å²) in [6.45, 7) is 3.61. The standard InChI is InChI=1S/C29H29ClN2O3/c1-22-2-4-23(5-3-22)14-15-29(20-32-17-16-31-21-32)34-19-28(35-29)18-33-27-12-8-25(9-13-27)24-6-10-26(30)11-7-24/h2-13,16-17,21,28H,14-15,18-20H2,1H3. The van der Waals surface area contributed by atoms with E-state index in [1.807, 2.05) is 47.2 Å². The predicted octanol–water partition coefficient (Wildman–Crippen LogP) is 6.34. The molecule has 1 aliphatic heterocycles. The topological polar surface area (TPSA) is 45.5 Å². The number of imidazole rings is 1. The molecule has 1 aliphatic rings. The average Bonchev–Trinajstić information content (AvgIpc) is 3.54. The molecule has 5 rings (SSSR count). The van der Waals surface area contributed by atoms with Gasteiger partial charge >= 0.3 is 0 Å². The fraction of sp³-hybridized carbons (Fsp3) is 0.276. The lowest BCUT2D eigenvalue weighted by molar-refractivity contribution is -0.184. The van der Waals surface area contributed by atoms with Crippen molar-refractivity contribution in [3.05, 3.63) is 108 Å². The van der Waals surface area contributed by atoms with Gasteiger partial charge in [0.1, 0.15) is 18.5 Å². The van der Waals surface area contributed by atoms with Gasteiger partial charge in [-0.05, 0) is 54.3 Å². The summed E-state index contributed by atoms with van der Waals surface area (Å²) in [7, 11) is 0. The highest BCUT2D eigenvalue weighted by Crippen LogP contribution is 2.32. The molecule has 0 aliphatic carbocycles. The van der Waals surface area contributed by atoms with Crippen molar-refractivity contribution in [2.45, 2.75) is 38.2 Å². The lowest BCUT2D eigenvalue weighted by Gasteiger charge is -2.28. The second kappa shape index (κ2) is 10.6. The Morgan fingerprint density at radius 2 is 1.71 bits per heavy atom. The molecule has 2 unspecified atom stereocenters. The Kier molecular flexibility index (Phi) is 7.19. The van der Waals surface area contributed by atoms with Gasteiger partial charge < -0.3 is 18.8 Å². The minimum atomic E-state index is -0.710. The molecule has 5 nitrogen and oxygen atoms in total. The summed E-state index contributed by atoms with van der Waals surface area (Å²) in [5.74, 6) is 0.0935. The molecule has 1 fully saturated rings. The number of nitrogens with zero attached hydrogens (tertiary/aromatic N) is 2. The summed E-state index contributed by atoms with van der Waals surface area (Å²) in [6.07, 6.45) is 6.98. The van der Waals surface area contributed by atoms with Crippen LogP contribution >= 0.6 is 11.6 Å². The van der Waals surface area contributed by atoms with Gasteiger partial charge in [0.05, 0.1) is 19.5 Å². The van der Waals surface area contributed by atoms with Crippen LogP contribution < -0.4 is 4.74 Å². The zero-order valence-electron chi connectivity index (χ0n) is 19.8. The van der Waals surface area contributed by atoms with Crippen LogP contribution in [0.5, 0.6) is 5.75 Å². The molecule has 1 aromatic heterocycles. The van der Waals surface area contributed by atoms with E-state index in [0.29, 0.717) is 19.8 Å². The number of hydrogen-bond acceptors (Lipinski definition) is 4. The van der Waals surface area contributed by atoms with Crippen LogP contribution in [0.1, 0.15) is 17.5 Å². The smallest absolute Gasteiger partial charge is 0.187 e. The molecule has 0 bridgehead atoms. The van der Waals surface area contributed by atoms with Gasteiger partial charge in [-0.15, -0.1) is 0 Å². The van der Waals surface area contributed by atoms with Crippen molar-refractivity contribution < 1.29 is 14.2 Å². The van der Waals surface area contributed by atoms with Crippen LogP contribution in [0.15, 0.2) is 91.5 Å². The fourth-order valence-corrected chi connectivity index (χ4v) is 4.44. The Bertz CT molecular complexity index is 1210. The van der Waals surface area contributed by atoms with Gasteiger partial charge in [-0.25, -0.2) is 4.98 Å². The first-order valence-corrected chi connectivity index (χ1v) is 12.3. The highest BCUT2D eigenvalue weighted by atomic mass is 35.5. The molecule has 2 atom stereocenters. The summed E-state index contributed by atoms with van der Waals surface area (Å²) in [5.41, 5.74) is 4.76. The van der Waals surface area contributed by atoms with Crippen molar-refractivity contribution in [1.29, 1.82) is 0 Å². The number of rotatable bonds is 9. The van der Waals surface area contributed by atoms with Gasteiger partial charge in [0.25, 0.3) is 0 Å². The molecule has 3 aromatic carbocycles. The van der Waals surface area contributed by atoms with E-state index >= 15 is 0 Å². The Hall–Kier alpha value is -3.12. The number of halogens is 1. The molecule has 0 amide bonds. The monoisotopic (exact) mass is 488 g/mol. The number of ether oxygens (including phenoxy) is 3. The van der Waals surface area contributed by atoms with E-state index in [1.54, 1.807) is 12.5 Å². The number of benzene rings is 3. The first kappa shape index (κ1) is 23.6. The number of aryl methyl sites for hydroxylation is 2. The van der Waals surface area contributed by atoms with E-state index in [-0.39, 0.29) is 6.10 Å². The summed E-state index contributed by atoms with van der Waals surface area (Å²) in [4.78, 5) is 4.17. The van der Waals surface area contributed by atoms with Gasteiger partial charge in [-0.3, -0.25) is 0 Å². The van der Waals surface area contributed by atoms with Crippen LogP contribution in [0.2, 0.25) is 5.02 Å². The Labute approximate surface area is 211 Å². The third-order valence-electron chi connectivity index (χ3n) is 6.28. The van der Waals surface area contributed by atoms with Crippen LogP contribution in [0.3, 0.4) is 0 Å². The van der Waals surface area contributed by atoms with Crippen LogP contribution in [0.4, 0.5) is 0 Å². The molecule has 4 aromatic rings. The van der Waals surface area contributed by atoms with Gasteiger partial charge in [-0.1, -0.05) is 65.7 Å². The number of hydrogen-bond donors (Lipinski definition) is 0. The second-order valence-electron chi connectivity index (χ2n) is 9.02. The summed E-state index contributed by atoms with van der Waals surface area (Å²) in [5, 5.41) is 0.732. The van der Waals surface area contributed by atoms with Crippen molar-refractivity contribution in [2.75, 3.05) is 13.2 Å². The summed E-state index contributed by atoms with van der Waals surface area (Å²) < 4.78 is 20.8. The highest BCUT2D eigenvalue weighted by molar-refractivity contribution is 6.30. The highest BCUT2D eigenvalue weighted by Gasteiger charge is 2.42. The minimum absolute atomic E-state index is 0.146. The van der Waals surface area contributed by atoms with E-state index < -0.39 is 5.79 Å². The molecule has 180 valence electrons. The van der Waals surface area contributed by atoms with Crippen LogP contribution in [-0.4, -0.2) is 34.7 Å². The van der Waals surface area contributed by atoms with Crippen molar-refractivity contribution in [1.82, 2.24) is 9.55 Å². The van der Waals surface area contributed by atoms with E-state index in [9.17, 15) is 0 Å². The SMILES string of the molecule is Cc1ccc(CCC2(Cn3ccnc3)OCC(COc3ccc(-c4ccc(Cl)cc4)cc3)O2)cc1. The molecule has 2 heterocycles. The maximum atomic E-state index is 6.49. The molecule has 0 N–H and O–H groups in total. The van der Waals surface area contributed by atoms with E-state index in [4.69, 9.17) is 25.8 Å². The van der Waals surface area contributed by atoms with Crippen molar-refractivity contribution in [2.24, 2.45) is 0 Å². The number of aromatic nitrogens is 2. The largest absolute Gasteiger partial charge is 0.491 e. The maximum absolute atomic E-state index is 6.49. The predicted molar refractivity (Wildman–Crippen MR) is 138 cm³/mol. The molecular weight excluding hydrogens is 460 g/mol. The quantitative estimate of drug-likeness (QED) is 0.276. The first-order valence-electron chi connectivity index (χ1n) is 11.9. The third-order valence-corrected chi connectivity index (χ3v) is 6.53. The van der Waals surface area contributed by atoms with Crippen molar-refractivity contribution in [3.63, 3.8) is 0 Å². The van der Waals surface area contributed by atoms with Crippen molar-refractivity contribution >= 4 is 11.6 Å². The zero-order chi connectivity index (χ0) is 24.1. The van der Waals surface area contributed by atoms with Gasteiger partial charge in [-0.2, -0.15) is 0 Å². The molecule has 35 heavy (non-hydrogen) atoms. The summed E-state index contributed by atoms with van der Waals surface area (Å²) >= 11 is 6.00. The van der Waals surface area contributed by atoms with E-state index in [2.05, 4.69) is 48.3 Å². The van der Waals surface area contributed by atoms with E-state index in [0.717, 1.165) is 34.7 Å². The molecular formula is C29H29ClN2O3. The van der Waals surface area contributed by atoms with Crippen LogP contribution in [-0.2, 0) is 22.4 Å². The van der Waals surface area contributed by atoms with Crippen molar-refractivity contribution in [3.8, 4) is 16.9 Å². The molecule has 0 saturated carbocycles.